The smallest absolute Gasteiger partial charge is 0.163 e. The van der Waals surface area contributed by atoms with Crippen molar-refractivity contribution in [3.05, 3.63) is 59.3 Å². The van der Waals surface area contributed by atoms with E-state index in [1.165, 1.54) is 94.5 Å². The number of hydrogen-bond donors (Lipinski definition) is 0. The van der Waals surface area contributed by atoms with Gasteiger partial charge >= 0.3 is 0 Å². The summed E-state index contributed by atoms with van der Waals surface area (Å²) >= 11 is 0. The van der Waals surface area contributed by atoms with Crippen molar-refractivity contribution in [1.82, 2.24) is 19.4 Å². The number of fused-ring (bicyclic) bond motifs is 2. The zero-order valence-electron chi connectivity index (χ0n) is 24.1. The Hall–Kier alpha value is -2.53. The Morgan fingerprint density at radius 2 is 1.77 bits per heavy atom. The SMILES string of the molecule is CC(C)n1c(C2CCCCC2)nc2c1CCN(CCC1CCC(CC(=O)c3cccc4ncccc34)CC1)C2. The van der Waals surface area contributed by atoms with Crippen LogP contribution in [0.4, 0.5) is 0 Å². The molecule has 3 heterocycles. The molecule has 2 fully saturated rings. The Balaban J connectivity index is 1.000. The first-order valence-electron chi connectivity index (χ1n) is 15.8. The topological polar surface area (TPSA) is 51.0 Å². The summed E-state index contributed by atoms with van der Waals surface area (Å²) < 4.78 is 2.61. The highest BCUT2D eigenvalue weighted by Crippen LogP contribution is 2.37. The first-order valence-corrected chi connectivity index (χ1v) is 15.8. The molecule has 0 spiro atoms. The van der Waals surface area contributed by atoms with Crippen molar-refractivity contribution in [2.75, 3.05) is 13.1 Å². The van der Waals surface area contributed by atoms with Gasteiger partial charge in [0.25, 0.3) is 0 Å². The van der Waals surface area contributed by atoms with Crippen molar-refractivity contribution in [2.24, 2.45) is 11.8 Å². The van der Waals surface area contributed by atoms with Crippen molar-refractivity contribution >= 4 is 16.7 Å². The van der Waals surface area contributed by atoms with Crippen molar-refractivity contribution in [2.45, 2.75) is 109 Å². The molecule has 0 saturated heterocycles. The molecule has 0 radical (unpaired) electrons. The highest BCUT2D eigenvalue weighted by atomic mass is 16.1. The normalized spacial score (nSPS) is 22.8. The first kappa shape index (κ1) is 26.7. The van der Waals surface area contributed by atoms with Crippen molar-refractivity contribution < 1.29 is 4.79 Å². The number of hydrogen-bond acceptors (Lipinski definition) is 4. The summed E-state index contributed by atoms with van der Waals surface area (Å²) in [4.78, 5) is 25.6. The second-order valence-electron chi connectivity index (χ2n) is 12.9. The van der Waals surface area contributed by atoms with Crippen LogP contribution in [0.5, 0.6) is 0 Å². The fraction of sp³-hybridized carbons (Fsp3) is 0.618. The highest BCUT2D eigenvalue weighted by Gasteiger charge is 2.30. The fourth-order valence-corrected chi connectivity index (χ4v) is 7.70. The van der Waals surface area contributed by atoms with Crippen LogP contribution in [0.1, 0.15) is 124 Å². The molecule has 2 aliphatic carbocycles. The molecule has 3 aromatic rings. The van der Waals surface area contributed by atoms with E-state index in [1.54, 1.807) is 6.20 Å². The molecule has 5 heteroatoms. The summed E-state index contributed by atoms with van der Waals surface area (Å²) in [5.74, 6) is 3.67. The first-order chi connectivity index (χ1) is 19.1. The lowest BCUT2D eigenvalue weighted by atomic mass is 9.78. The van der Waals surface area contributed by atoms with Gasteiger partial charge in [0.2, 0.25) is 0 Å². The number of aromatic nitrogens is 3. The van der Waals surface area contributed by atoms with Crippen LogP contribution in [-0.4, -0.2) is 38.3 Å². The molecule has 0 amide bonds. The summed E-state index contributed by atoms with van der Waals surface area (Å²) in [5.41, 5.74) is 4.65. The summed E-state index contributed by atoms with van der Waals surface area (Å²) in [7, 11) is 0. The number of pyridine rings is 1. The quantitative estimate of drug-likeness (QED) is 0.280. The molecule has 2 aromatic heterocycles. The minimum atomic E-state index is 0.287. The van der Waals surface area contributed by atoms with Crippen LogP contribution in [0.2, 0.25) is 0 Å². The number of carbonyl (C=O) groups is 1. The monoisotopic (exact) mass is 526 g/mol. The Kier molecular flexibility index (Phi) is 8.15. The van der Waals surface area contributed by atoms with Crippen LogP contribution < -0.4 is 0 Å². The highest BCUT2D eigenvalue weighted by molar-refractivity contribution is 6.07. The lowest BCUT2D eigenvalue weighted by molar-refractivity contribution is 0.0941. The van der Waals surface area contributed by atoms with E-state index in [2.05, 4.69) is 28.3 Å². The summed E-state index contributed by atoms with van der Waals surface area (Å²) in [6.45, 7) is 8.05. The molecule has 3 aliphatic rings. The average Bonchev–Trinajstić information content (AvgIpc) is 3.36. The standard InChI is InChI=1S/C34H46N4O/c1-24(2)38-32-18-21-37(23-31(32)36-34(38)27-8-4-3-5-9-27)20-17-25-13-15-26(16-14-25)22-33(39)29-10-6-12-30-28(29)11-7-19-35-30/h6-7,10-12,19,24-27H,3-5,8-9,13-18,20-23H2,1-2H3. The maximum absolute atomic E-state index is 13.2. The molecule has 5 nitrogen and oxygen atoms in total. The number of imidazole rings is 1. The minimum Gasteiger partial charge on any atom is -0.329 e. The van der Waals surface area contributed by atoms with Gasteiger partial charge in [-0.1, -0.05) is 50.3 Å². The van der Waals surface area contributed by atoms with Crippen molar-refractivity contribution in [3.8, 4) is 0 Å². The Morgan fingerprint density at radius 1 is 0.974 bits per heavy atom. The second-order valence-corrected chi connectivity index (χ2v) is 12.9. The molecule has 39 heavy (non-hydrogen) atoms. The Labute approximate surface area is 234 Å². The van der Waals surface area contributed by atoms with Crippen LogP contribution >= 0.6 is 0 Å². The predicted molar refractivity (Wildman–Crippen MR) is 158 cm³/mol. The van der Waals surface area contributed by atoms with E-state index in [9.17, 15) is 4.79 Å². The molecule has 208 valence electrons. The van der Waals surface area contributed by atoms with E-state index < -0.39 is 0 Å². The summed E-state index contributed by atoms with van der Waals surface area (Å²) in [5, 5.41) is 0.993. The van der Waals surface area contributed by atoms with Crippen LogP contribution in [0.25, 0.3) is 10.9 Å². The van der Waals surface area contributed by atoms with Gasteiger partial charge in [0.15, 0.2) is 5.78 Å². The van der Waals surface area contributed by atoms with Gasteiger partial charge in [-0.15, -0.1) is 0 Å². The van der Waals surface area contributed by atoms with Crippen LogP contribution in [0.3, 0.4) is 0 Å². The molecule has 0 N–H and O–H groups in total. The third-order valence-corrected chi connectivity index (χ3v) is 9.89. The van der Waals surface area contributed by atoms with E-state index in [4.69, 9.17) is 4.98 Å². The average molecular weight is 527 g/mol. The zero-order chi connectivity index (χ0) is 26.8. The maximum Gasteiger partial charge on any atom is 0.163 e. The molecule has 0 bridgehead atoms. The van der Waals surface area contributed by atoms with Crippen LogP contribution in [-0.2, 0) is 13.0 Å². The van der Waals surface area contributed by atoms with Gasteiger partial charge in [0.05, 0.1) is 11.2 Å². The van der Waals surface area contributed by atoms with Crippen LogP contribution in [0, 0.1) is 11.8 Å². The summed E-state index contributed by atoms with van der Waals surface area (Å²) in [6.07, 6.45) is 16.6. The number of rotatable bonds is 8. The molecule has 1 aromatic carbocycles. The summed E-state index contributed by atoms with van der Waals surface area (Å²) in [6, 6.07) is 10.4. The van der Waals surface area contributed by atoms with Crippen molar-refractivity contribution in [1.29, 1.82) is 0 Å². The molecular formula is C34H46N4O. The van der Waals surface area contributed by atoms with E-state index in [0.717, 1.165) is 35.3 Å². The largest absolute Gasteiger partial charge is 0.329 e. The van der Waals surface area contributed by atoms with E-state index in [1.807, 2.05) is 30.3 Å². The molecule has 6 rings (SSSR count). The van der Waals surface area contributed by atoms with Gasteiger partial charge in [0, 0.05) is 60.7 Å². The number of ketones is 1. The molecule has 1 aliphatic heterocycles. The molecular weight excluding hydrogens is 480 g/mol. The zero-order valence-corrected chi connectivity index (χ0v) is 24.1. The van der Waals surface area contributed by atoms with Gasteiger partial charge in [-0.3, -0.25) is 14.7 Å². The van der Waals surface area contributed by atoms with Gasteiger partial charge in [-0.2, -0.15) is 0 Å². The molecule has 0 unspecified atom stereocenters. The van der Waals surface area contributed by atoms with E-state index >= 15 is 0 Å². The third-order valence-electron chi connectivity index (χ3n) is 9.89. The Bertz CT molecular complexity index is 1270. The number of Topliss-reactive ketones (excluding diaryl/α,β-unsaturated/α-hetero) is 1. The van der Waals surface area contributed by atoms with Gasteiger partial charge in [-0.25, -0.2) is 4.98 Å². The lowest BCUT2D eigenvalue weighted by Gasteiger charge is -2.32. The molecule has 0 atom stereocenters. The predicted octanol–water partition coefficient (Wildman–Crippen LogP) is 7.89. The molecule has 2 saturated carbocycles. The van der Waals surface area contributed by atoms with Gasteiger partial charge < -0.3 is 4.57 Å². The van der Waals surface area contributed by atoms with Crippen LogP contribution in [0.15, 0.2) is 36.5 Å². The minimum absolute atomic E-state index is 0.287. The fourth-order valence-electron chi connectivity index (χ4n) is 7.70. The van der Waals surface area contributed by atoms with E-state index in [-0.39, 0.29) is 5.78 Å². The third kappa shape index (κ3) is 5.84. The number of benzene rings is 1. The van der Waals surface area contributed by atoms with Gasteiger partial charge in [0.1, 0.15) is 5.82 Å². The van der Waals surface area contributed by atoms with Gasteiger partial charge in [-0.05, 0) is 76.5 Å². The van der Waals surface area contributed by atoms with Crippen molar-refractivity contribution in [3.63, 3.8) is 0 Å². The second kappa shape index (κ2) is 11.9. The number of carbonyl (C=O) groups excluding carboxylic acids is 1. The Morgan fingerprint density at radius 3 is 2.56 bits per heavy atom. The number of nitrogens with zero attached hydrogens (tertiary/aromatic N) is 4. The lowest BCUT2D eigenvalue weighted by Crippen LogP contribution is -2.33. The maximum atomic E-state index is 13.2. The van der Waals surface area contributed by atoms with E-state index in [0.29, 0.717) is 24.3 Å².